The maximum atomic E-state index is 13.4. The smallest absolute Gasteiger partial charge is 0.324 e. The van der Waals surface area contributed by atoms with Gasteiger partial charge in [-0.3, -0.25) is 4.79 Å². The van der Waals surface area contributed by atoms with E-state index in [1.54, 1.807) is 4.68 Å². The molecule has 6 nitrogen and oxygen atoms in total. The van der Waals surface area contributed by atoms with Crippen LogP contribution >= 0.6 is 11.8 Å². The normalized spacial score (nSPS) is 18.0. The van der Waals surface area contributed by atoms with E-state index < -0.39 is 28.9 Å². The van der Waals surface area contributed by atoms with Gasteiger partial charge < -0.3 is 10.7 Å². The highest BCUT2D eigenvalue weighted by atomic mass is 32.2. The molecule has 2 aromatic carbocycles. The first kappa shape index (κ1) is 22.2. The standard InChI is InChI=1S/C22H22F3N5OS/c1-3-6-17-27-28-21-30(17)29-18(14-11-9-13(2)10-12-14)19(32-21)20(31)26-16-8-5-4-7-15(16)22(23,24)25/h4-5,7-12,18-19,29H,3,6H2,1-2H3,(H,26,31)/t18-,19+/m0/s1. The number of benzene rings is 2. The summed E-state index contributed by atoms with van der Waals surface area (Å²) in [4.78, 5) is 13.2. The Labute approximate surface area is 187 Å². The predicted octanol–water partition coefficient (Wildman–Crippen LogP) is 4.96. The van der Waals surface area contributed by atoms with Crippen LogP contribution in [0.1, 0.15) is 41.9 Å². The van der Waals surface area contributed by atoms with Gasteiger partial charge in [-0.25, -0.2) is 4.68 Å². The molecule has 1 amide bonds. The first-order chi connectivity index (χ1) is 15.3. The van der Waals surface area contributed by atoms with E-state index in [-0.39, 0.29) is 5.69 Å². The van der Waals surface area contributed by atoms with E-state index in [0.717, 1.165) is 29.4 Å². The summed E-state index contributed by atoms with van der Waals surface area (Å²) in [5, 5.41) is 10.6. The highest BCUT2D eigenvalue weighted by molar-refractivity contribution is 8.00. The van der Waals surface area contributed by atoms with Crippen molar-refractivity contribution in [2.24, 2.45) is 0 Å². The number of nitrogens with one attached hydrogen (secondary N) is 2. The Bertz CT molecular complexity index is 1110. The monoisotopic (exact) mass is 461 g/mol. The number of fused-ring (bicyclic) bond motifs is 1. The lowest BCUT2D eigenvalue weighted by atomic mass is 10.0. The number of hydrogen-bond acceptors (Lipinski definition) is 5. The molecule has 0 aliphatic carbocycles. The molecule has 0 fully saturated rings. The third-order valence-corrected chi connectivity index (χ3v) is 6.38. The molecule has 2 N–H and O–H groups in total. The second-order valence-corrected chi connectivity index (χ2v) is 8.68. The molecule has 10 heteroatoms. The zero-order chi connectivity index (χ0) is 22.9. The highest BCUT2D eigenvalue weighted by Gasteiger charge is 2.39. The predicted molar refractivity (Wildman–Crippen MR) is 117 cm³/mol. The average Bonchev–Trinajstić information content (AvgIpc) is 3.15. The van der Waals surface area contributed by atoms with Gasteiger partial charge in [-0.15, -0.1) is 10.2 Å². The molecule has 1 aliphatic rings. The Morgan fingerprint density at radius 2 is 1.88 bits per heavy atom. The summed E-state index contributed by atoms with van der Waals surface area (Å²) < 4.78 is 42.0. The van der Waals surface area contributed by atoms with Crippen LogP contribution in [0.5, 0.6) is 0 Å². The zero-order valence-electron chi connectivity index (χ0n) is 17.5. The summed E-state index contributed by atoms with van der Waals surface area (Å²) in [5.74, 6) is 0.199. The SMILES string of the molecule is CCCc1nnc2n1N[C@@H](c1ccc(C)cc1)[C@H](C(=O)Nc1ccccc1C(F)(F)F)S2. The molecule has 0 unspecified atom stereocenters. The summed E-state index contributed by atoms with van der Waals surface area (Å²) in [5.41, 5.74) is 4.06. The number of alkyl halides is 3. The van der Waals surface area contributed by atoms with Crippen molar-refractivity contribution in [2.75, 3.05) is 10.7 Å². The number of thioether (sulfide) groups is 1. The molecule has 0 saturated heterocycles. The molecule has 1 aliphatic heterocycles. The van der Waals surface area contributed by atoms with Gasteiger partial charge in [0.2, 0.25) is 11.1 Å². The summed E-state index contributed by atoms with van der Waals surface area (Å²) in [6, 6.07) is 12.2. The highest BCUT2D eigenvalue weighted by Crippen LogP contribution is 2.39. The molecule has 32 heavy (non-hydrogen) atoms. The van der Waals surface area contributed by atoms with E-state index in [1.165, 1.54) is 30.0 Å². The van der Waals surface area contributed by atoms with Gasteiger partial charge in [0, 0.05) is 6.42 Å². The number of rotatable bonds is 5. The Balaban J connectivity index is 1.68. The van der Waals surface area contributed by atoms with E-state index in [2.05, 4.69) is 20.9 Å². The quantitative estimate of drug-likeness (QED) is 0.562. The molecule has 0 saturated carbocycles. The molecule has 1 aromatic heterocycles. The number of nitrogens with zero attached hydrogens (tertiary/aromatic N) is 3. The van der Waals surface area contributed by atoms with Crippen molar-refractivity contribution < 1.29 is 18.0 Å². The van der Waals surface area contributed by atoms with E-state index >= 15 is 0 Å². The van der Waals surface area contributed by atoms with Crippen LogP contribution in [0, 0.1) is 6.92 Å². The lowest BCUT2D eigenvalue weighted by Crippen LogP contribution is -2.41. The van der Waals surface area contributed by atoms with Gasteiger partial charge in [-0.05, 0) is 31.0 Å². The number of hydrogen-bond donors (Lipinski definition) is 2. The van der Waals surface area contributed by atoms with E-state index in [0.29, 0.717) is 11.6 Å². The first-order valence-electron chi connectivity index (χ1n) is 10.2. The number of carbonyl (C=O) groups is 1. The van der Waals surface area contributed by atoms with Crippen LogP contribution in [0.2, 0.25) is 0 Å². The van der Waals surface area contributed by atoms with Gasteiger partial charge in [0.1, 0.15) is 5.25 Å². The third-order valence-electron chi connectivity index (χ3n) is 5.16. The van der Waals surface area contributed by atoms with Gasteiger partial charge in [0.15, 0.2) is 5.82 Å². The minimum absolute atomic E-state index is 0.271. The fraction of sp³-hybridized carbons (Fsp3) is 0.318. The Kier molecular flexibility index (Phi) is 6.14. The fourth-order valence-electron chi connectivity index (χ4n) is 3.55. The van der Waals surface area contributed by atoms with Gasteiger partial charge >= 0.3 is 6.18 Å². The van der Waals surface area contributed by atoms with Crippen molar-refractivity contribution in [1.29, 1.82) is 0 Å². The number of amides is 1. The number of anilines is 1. The first-order valence-corrected chi connectivity index (χ1v) is 11.1. The van der Waals surface area contributed by atoms with Gasteiger partial charge in [-0.1, -0.05) is 60.6 Å². The lowest BCUT2D eigenvalue weighted by molar-refractivity contribution is -0.137. The van der Waals surface area contributed by atoms with Crippen molar-refractivity contribution in [3.8, 4) is 0 Å². The van der Waals surface area contributed by atoms with Crippen molar-refractivity contribution >= 4 is 23.4 Å². The molecule has 0 bridgehead atoms. The van der Waals surface area contributed by atoms with Crippen LogP contribution in [0.25, 0.3) is 0 Å². The van der Waals surface area contributed by atoms with Crippen molar-refractivity contribution in [2.45, 2.75) is 49.3 Å². The van der Waals surface area contributed by atoms with Crippen LogP contribution in [0.4, 0.5) is 18.9 Å². The maximum absolute atomic E-state index is 13.4. The molecular formula is C22H22F3N5OS. The minimum atomic E-state index is -4.58. The Morgan fingerprint density at radius 1 is 1.16 bits per heavy atom. The van der Waals surface area contributed by atoms with E-state index in [4.69, 9.17) is 0 Å². The average molecular weight is 462 g/mol. The summed E-state index contributed by atoms with van der Waals surface area (Å²) in [7, 11) is 0. The molecule has 2 atom stereocenters. The molecule has 0 spiro atoms. The van der Waals surface area contributed by atoms with Crippen LogP contribution in [-0.2, 0) is 17.4 Å². The fourth-order valence-corrected chi connectivity index (χ4v) is 4.65. The zero-order valence-corrected chi connectivity index (χ0v) is 18.3. The van der Waals surface area contributed by atoms with Crippen LogP contribution in [0.15, 0.2) is 53.7 Å². The molecular weight excluding hydrogens is 439 g/mol. The maximum Gasteiger partial charge on any atom is 0.418 e. The van der Waals surface area contributed by atoms with Crippen molar-refractivity contribution in [1.82, 2.24) is 14.9 Å². The lowest BCUT2D eigenvalue weighted by Gasteiger charge is -2.33. The summed E-state index contributed by atoms with van der Waals surface area (Å²) in [6.45, 7) is 3.99. The Morgan fingerprint density at radius 3 is 2.56 bits per heavy atom. The topological polar surface area (TPSA) is 71.8 Å². The molecule has 168 valence electrons. The number of halogens is 3. The van der Waals surface area contributed by atoms with Crippen molar-refractivity contribution in [3.63, 3.8) is 0 Å². The second-order valence-electron chi connectivity index (χ2n) is 7.57. The summed E-state index contributed by atoms with van der Waals surface area (Å²) >= 11 is 1.19. The van der Waals surface area contributed by atoms with Crippen LogP contribution in [-0.4, -0.2) is 26.0 Å². The van der Waals surface area contributed by atoms with E-state index in [1.807, 2.05) is 38.1 Å². The minimum Gasteiger partial charge on any atom is -0.324 e. The summed E-state index contributed by atoms with van der Waals surface area (Å²) in [6.07, 6.45) is -3.00. The molecule has 2 heterocycles. The molecule has 4 rings (SSSR count). The van der Waals surface area contributed by atoms with E-state index in [9.17, 15) is 18.0 Å². The third kappa shape index (κ3) is 4.45. The number of para-hydroxylation sites is 1. The van der Waals surface area contributed by atoms with Crippen LogP contribution in [0.3, 0.4) is 0 Å². The van der Waals surface area contributed by atoms with Crippen LogP contribution < -0.4 is 10.7 Å². The van der Waals surface area contributed by atoms with Gasteiger partial charge in [0.25, 0.3) is 0 Å². The van der Waals surface area contributed by atoms with Gasteiger partial charge in [0.05, 0.1) is 17.3 Å². The Hall–Kier alpha value is -3.01. The van der Waals surface area contributed by atoms with Gasteiger partial charge in [-0.2, -0.15) is 13.2 Å². The molecule has 0 radical (unpaired) electrons. The number of aryl methyl sites for hydroxylation is 2. The number of aromatic nitrogens is 3. The largest absolute Gasteiger partial charge is 0.418 e. The van der Waals surface area contributed by atoms with Crippen molar-refractivity contribution in [3.05, 3.63) is 71.0 Å². The molecule has 3 aromatic rings. The second kappa shape index (κ2) is 8.85. The number of carbonyl (C=O) groups excluding carboxylic acids is 1.